The molecule has 0 aliphatic heterocycles. The summed E-state index contributed by atoms with van der Waals surface area (Å²) in [5.41, 5.74) is 2.65. The van der Waals surface area contributed by atoms with Crippen molar-refractivity contribution in [3.05, 3.63) is 48.5 Å². The lowest BCUT2D eigenvalue weighted by molar-refractivity contribution is 0.154. The van der Waals surface area contributed by atoms with Gasteiger partial charge >= 0.3 is 0 Å². The molecule has 172 valence electrons. The SMILES string of the molecule is CCN=C=NCCCN(C)C.Cl.On1nnc2ccccc21.On1nnc2ccccc21. The van der Waals surface area contributed by atoms with Crippen LogP contribution >= 0.6 is 12.4 Å². The summed E-state index contributed by atoms with van der Waals surface area (Å²) in [6.07, 6.45) is 1.08. The first kappa shape index (κ1) is 26.5. The highest BCUT2D eigenvalue weighted by Crippen LogP contribution is 2.07. The van der Waals surface area contributed by atoms with Gasteiger partial charge in [-0.15, -0.1) is 22.6 Å². The third-order valence-electron chi connectivity index (χ3n) is 3.84. The highest BCUT2D eigenvalue weighted by atomic mass is 35.5. The number of benzene rings is 2. The minimum Gasteiger partial charge on any atom is -0.410 e. The second-order valence-electron chi connectivity index (χ2n) is 6.55. The van der Waals surface area contributed by atoms with Crippen LogP contribution in [0, 0.1) is 0 Å². The van der Waals surface area contributed by atoms with Gasteiger partial charge in [0.25, 0.3) is 0 Å². The van der Waals surface area contributed by atoms with Crippen LogP contribution in [0.25, 0.3) is 22.1 Å². The van der Waals surface area contributed by atoms with Gasteiger partial charge in [0.05, 0.1) is 12.6 Å². The van der Waals surface area contributed by atoms with E-state index < -0.39 is 0 Å². The summed E-state index contributed by atoms with van der Waals surface area (Å²) in [7, 11) is 4.12. The molecule has 12 heteroatoms. The third-order valence-corrected chi connectivity index (χ3v) is 3.84. The van der Waals surface area contributed by atoms with Crippen molar-refractivity contribution in [3.63, 3.8) is 0 Å². The number of hydrogen-bond acceptors (Lipinski definition) is 9. The fraction of sp³-hybridized carbons (Fsp3) is 0.350. The molecule has 0 aliphatic rings. The molecule has 2 aromatic carbocycles. The molecule has 2 aromatic heterocycles. The maximum atomic E-state index is 8.95. The van der Waals surface area contributed by atoms with E-state index >= 15 is 0 Å². The average Bonchev–Trinajstić information content (AvgIpc) is 3.35. The van der Waals surface area contributed by atoms with Crippen molar-refractivity contribution < 1.29 is 10.4 Å². The maximum absolute atomic E-state index is 8.95. The molecular weight excluding hydrogens is 434 g/mol. The molecule has 0 radical (unpaired) electrons. The molecule has 4 rings (SSSR count). The van der Waals surface area contributed by atoms with E-state index in [1.807, 2.05) is 31.2 Å². The Morgan fingerprint density at radius 3 is 1.81 bits per heavy atom. The zero-order valence-corrected chi connectivity index (χ0v) is 19.1. The van der Waals surface area contributed by atoms with Crippen LogP contribution in [0.2, 0.25) is 0 Å². The van der Waals surface area contributed by atoms with Crippen molar-refractivity contribution in [2.75, 3.05) is 33.7 Å². The first-order valence-electron chi connectivity index (χ1n) is 9.75. The largest absolute Gasteiger partial charge is 0.410 e. The molecule has 11 nitrogen and oxygen atoms in total. The standard InChI is InChI=1S/C8H17N3.2C6H5N3O.ClH/c1-4-9-8-10-6-5-7-11(2)3;2*10-9-6-4-2-1-3-5(6)7-8-9;/h4-7H2,1-3H3;2*1-4,10H;1H. The number of fused-ring (bicyclic) bond motifs is 2. The van der Waals surface area contributed by atoms with Crippen LogP contribution in [0.1, 0.15) is 13.3 Å². The maximum Gasteiger partial charge on any atom is 0.130 e. The van der Waals surface area contributed by atoms with Crippen molar-refractivity contribution in [2.24, 2.45) is 9.98 Å². The number of rotatable bonds is 5. The summed E-state index contributed by atoms with van der Waals surface area (Å²) in [5, 5.41) is 32.1. The van der Waals surface area contributed by atoms with Crippen molar-refractivity contribution in [1.82, 2.24) is 35.2 Å². The molecule has 32 heavy (non-hydrogen) atoms. The zero-order valence-electron chi connectivity index (χ0n) is 18.3. The lowest BCUT2D eigenvalue weighted by Crippen LogP contribution is -2.13. The summed E-state index contributed by atoms with van der Waals surface area (Å²) in [4.78, 5) is 11.5. The second kappa shape index (κ2) is 14.5. The molecule has 0 fully saturated rings. The van der Waals surface area contributed by atoms with Gasteiger partial charge in [0.2, 0.25) is 0 Å². The van der Waals surface area contributed by atoms with E-state index in [1.54, 1.807) is 24.3 Å². The van der Waals surface area contributed by atoms with Crippen LogP contribution in [0.4, 0.5) is 0 Å². The van der Waals surface area contributed by atoms with Crippen molar-refractivity contribution >= 4 is 40.5 Å². The minimum atomic E-state index is 0. The van der Waals surface area contributed by atoms with Crippen LogP contribution in [0.15, 0.2) is 58.5 Å². The van der Waals surface area contributed by atoms with Gasteiger partial charge in [-0.25, -0.2) is 9.98 Å². The molecule has 0 amide bonds. The highest BCUT2D eigenvalue weighted by molar-refractivity contribution is 5.85. The van der Waals surface area contributed by atoms with Gasteiger partial charge in [-0.1, -0.05) is 34.0 Å². The van der Waals surface area contributed by atoms with Crippen LogP contribution in [0.5, 0.6) is 0 Å². The molecule has 0 unspecified atom stereocenters. The van der Waals surface area contributed by atoms with Gasteiger partial charge in [-0.3, -0.25) is 0 Å². The Morgan fingerprint density at radius 1 is 0.875 bits per heavy atom. The first-order valence-corrected chi connectivity index (χ1v) is 9.75. The quantitative estimate of drug-likeness (QED) is 0.265. The number of para-hydroxylation sites is 2. The molecule has 0 saturated heterocycles. The molecule has 2 heterocycles. The smallest absolute Gasteiger partial charge is 0.130 e. The Bertz CT molecular complexity index is 1050. The van der Waals surface area contributed by atoms with Gasteiger partial charge in [0, 0.05) is 6.54 Å². The van der Waals surface area contributed by atoms with Gasteiger partial charge in [0.1, 0.15) is 22.1 Å². The Hall–Kier alpha value is -3.53. The van der Waals surface area contributed by atoms with Gasteiger partial charge in [-0.2, -0.15) is 0 Å². The summed E-state index contributed by atoms with van der Waals surface area (Å²) in [6, 6.07) is 17.0. The summed E-state index contributed by atoms with van der Waals surface area (Å²) < 4.78 is 0. The van der Waals surface area contributed by atoms with Crippen LogP contribution in [0.3, 0.4) is 0 Å². The molecule has 2 N–H and O–H groups in total. The molecule has 0 bridgehead atoms. The molecule has 0 saturated carbocycles. The van der Waals surface area contributed by atoms with E-state index in [0.29, 0.717) is 22.1 Å². The number of aliphatic imine (C=N–C) groups is 2. The van der Waals surface area contributed by atoms with Gasteiger partial charge in [-0.05, 0) is 68.7 Å². The van der Waals surface area contributed by atoms with Gasteiger partial charge in [0.15, 0.2) is 0 Å². The Morgan fingerprint density at radius 2 is 1.38 bits per heavy atom. The van der Waals surface area contributed by atoms with Gasteiger partial charge < -0.3 is 15.3 Å². The highest BCUT2D eigenvalue weighted by Gasteiger charge is 1.99. The molecule has 4 aromatic rings. The third kappa shape index (κ3) is 8.68. The van der Waals surface area contributed by atoms with Crippen molar-refractivity contribution in [2.45, 2.75) is 13.3 Å². The van der Waals surface area contributed by atoms with Crippen LogP contribution in [-0.2, 0) is 0 Å². The lowest BCUT2D eigenvalue weighted by atomic mass is 10.3. The van der Waals surface area contributed by atoms with Crippen molar-refractivity contribution in [1.29, 1.82) is 0 Å². The number of halogens is 1. The van der Waals surface area contributed by atoms with E-state index in [-0.39, 0.29) is 12.4 Å². The fourth-order valence-corrected chi connectivity index (χ4v) is 2.35. The number of aromatic nitrogens is 6. The predicted molar refractivity (Wildman–Crippen MR) is 125 cm³/mol. The summed E-state index contributed by atoms with van der Waals surface area (Å²) in [6.45, 7) is 4.67. The van der Waals surface area contributed by atoms with Crippen molar-refractivity contribution in [3.8, 4) is 0 Å². The molecule has 0 atom stereocenters. The Labute approximate surface area is 192 Å². The minimum absolute atomic E-state index is 0. The Balaban J connectivity index is 0.000000236. The monoisotopic (exact) mass is 461 g/mol. The van der Waals surface area contributed by atoms with Crippen LogP contribution < -0.4 is 0 Å². The zero-order chi connectivity index (χ0) is 22.5. The van der Waals surface area contributed by atoms with E-state index in [9.17, 15) is 0 Å². The molecule has 0 aliphatic carbocycles. The number of hydrogen-bond donors (Lipinski definition) is 2. The van der Waals surface area contributed by atoms with E-state index in [4.69, 9.17) is 10.4 Å². The summed E-state index contributed by atoms with van der Waals surface area (Å²) >= 11 is 0. The van der Waals surface area contributed by atoms with E-state index in [1.165, 1.54) is 0 Å². The van der Waals surface area contributed by atoms with Crippen LogP contribution in [-0.4, -0.2) is 85.4 Å². The Kier molecular flexibility index (Phi) is 12.0. The fourth-order valence-electron chi connectivity index (χ4n) is 2.35. The normalized spacial score (nSPS) is 9.75. The number of nitrogens with zero attached hydrogens (tertiary/aromatic N) is 9. The molecule has 0 spiro atoms. The van der Waals surface area contributed by atoms with E-state index in [2.05, 4.69) is 55.6 Å². The summed E-state index contributed by atoms with van der Waals surface area (Å²) in [5.74, 6) is 0. The predicted octanol–water partition coefficient (Wildman–Crippen LogP) is 2.89. The lowest BCUT2D eigenvalue weighted by Gasteiger charge is -2.05. The average molecular weight is 462 g/mol. The first-order chi connectivity index (χ1) is 15.0. The molecular formula is C20H28ClN9O2. The second-order valence-corrected chi connectivity index (χ2v) is 6.55. The topological polar surface area (TPSA) is 130 Å². The van der Waals surface area contributed by atoms with E-state index in [0.717, 1.165) is 35.7 Å².